The molecule has 2 fully saturated rings. The molecule has 0 bridgehead atoms. The Morgan fingerprint density at radius 2 is 1.94 bits per heavy atom. The van der Waals surface area contributed by atoms with Crippen LogP contribution in [0.15, 0.2) is 42.9 Å². The van der Waals surface area contributed by atoms with Crippen molar-refractivity contribution in [2.24, 2.45) is 11.8 Å². The van der Waals surface area contributed by atoms with E-state index in [2.05, 4.69) is 64.2 Å². The number of nitrogens with two attached hydrogens (primary N) is 1. The number of fused-ring (bicyclic) bond motifs is 2. The highest BCUT2D eigenvalue weighted by molar-refractivity contribution is 6.36. The Hall–Kier alpha value is -3.09. The molecule has 0 aliphatic heterocycles. The highest BCUT2D eigenvalue weighted by atomic mass is 15.1. The summed E-state index contributed by atoms with van der Waals surface area (Å²) in [7, 11) is 2.15. The maximum absolute atomic E-state index is 6.02. The van der Waals surface area contributed by atoms with E-state index in [1.807, 2.05) is 0 Å². The zero-order valence-corrected chi connectivity index (χ0v) is 19.3. The summed E-state index contributed by atoms with van der Waals surface area (Å²) in [6, 6.07) is 11.6. The second kappa shape index (κ2) is 8.36. The summed E-state index contributed by atoms with van der Waals surface area (Å²) in [4.78, 5) is 13.6. The van der Waals surface area contributed by atoms with Gasteiger partial charge in [-0.3, -0.25) is 0 Å². The van der Waals surface area contributed by atoms with Crippen LogP contribution in [0, 0.1) is 11.8 Å². The van der Waals surface area contributed by atoms with Crippen LogP contribution < -0.4 is 16.5 Å². The number of hydrogen-bond acceptors (Lipinski definition) is 5. The van der Waals surface area contributed by atoms with Crippen molar-refractivity contribution in [3.63, 3.8) is 0 Å². The van der Waals surface area contributed by atoms with Gasteiger partial charge in [0, 0.05) is 18.8 Å². The molecule has 33 heavy (non-hydrogen) atoms. The van der Waals surface area contributed by atoms with E-state index in [0.717, 1.165) is 47.2 Å². The van der Waals surface area contributed by atoms with Crippen molar-refractivity contribution in [2.75, 3.05) is 17.6 Å². The van der Waals surface area contributed by atoms with Gasteiger partial charge in [0.15, 0.2) is 0 Å². The van der Waals surface area contributed by atoms with E-state index in [-0.39, 0.29) is 0 Å². The maximum Gasteiger partial charge on any atom is 0.145 e. The van der Waals surface area contributed by atoms with Gasteiger partial charge in [0.25, 0.3) is 0 Å². The molecule has 4 aromatic rings. The van der Waals surface area contributed by atoms with Crippen molar-refractivity contribution in [3.05, 3.63) is 48.4 Å². The van der Waals surface area contributed by atoms with Crippen LogP contribution in [0.4, 0.5) is 11.6 Å². The predicted molar refractivity (Wildman–Crippen MR) is 138 cm³/mol. The van der Waals surface area contributed by atoms with Crippen LogP contribution in [0.25, 0.3) is 21.9 Å². The van der Waals surface area contributed by atoms with Gasteiger partial charge in [0.1, 0.15) is 31.5 Å². The Bertz CT molecular complexity index is 1310. The van der Waals surface area contributed by atoms with Gasteiger partial charge in [-0.2, -0.15) is 0 Å². The van der Waals surface area contributed by atoms with E-state index in [1.165, 1.54) is 54.9 Å². The smallest absolute Gasteiger partial charge is 0.145 e. The molecule has 168 valence electrons. The molecular weight excluding hydrogens is 407 g/mol. The fourth-order valence-corrected chi connectivity index (χ4v) is 5.44. The van der Waals surface area contributed by atoms with E-state index in [0.29, 0.717) is 11.9 Å². The van der Waals surface area contributed by atoms with Crippen molar-refractivity contribution in [3.8, 4) is 0 Å². The van der Waals surface area contributed by atoms with Crippen LogP contribution >= 0.6 is 0 Å². The van der Waals surface area contributed by atoms with Crippen molar-refractivity contribution >= 4 is 46.9 Å². The zero-order chi connectivity index (χ0) is 22.4. The van der Waals surface area contributed by atoms with Crippen molar-refractivity contribution in [1.82, 2.24) is 19.5 Å². The number of hydrogen-bond donors (Lipinski definition) is 2. The molecule has 0 unspecified atom stereocenters. The minimum atomic E-state index is 0.503. The molecule has 7 heteroatoms. The second-order valence-corrected chi connectivity index (χ2v) is 10.1. The van der Waals surface area contributed by atoms with Crippen LogP contribution in [0.5, 0.6) is 0 Å². The van der Waals surface area contributed by atoms with Crippen LogP contribution in [-0.2, 0) is 6.42 Å². The Morgan fingerprint density at radius 3 is 2.82 bits per heavy atom. The molecule has 3 heterocycles. The molecule has 3 aromatic heterocycles. The van der Waals surface area contributed by atoms with Crippen LogP contribution in [-0.4, -0.2) is 33.9 Å². The monoisotopic (exact) mass is 438 g/mol. The lowest BCUT2D eigenvalue weighted by Gasteiger charge is -2.15. The lowest BCUT2D eigenvalue weighted by Crippen LogP contribution is -2.16. The average molecular weight is 438 g/mol. The highest BCUT2D eigenvalue weighted by Crippen LogP contribution is 2.39. The lowest BCUT2D eigenvalue weighted by atomic mass is 9.93. The fourth-order valence-electron chi connectivity index (χ4n) is 5.44. The van der Waals surface area contributed by atoms with Gasteiger partial charge in [-0.25, -0.2) is 15.0 Å². The number of nitrogens with one attached hydrogen (secondary N) is 1. The quantitative estimate of drug-likeness (QED) is 0.431. The van der Waals surface area contributed by atoms with E-state index >= 15 is 0 Å². The number of nitrogens with zero attached hydrogens (tertiary/aromatic N) is 4. The SMILES string of the molecule is Bc1cc2ccc(CC[C@@H]3CC[C@H](n4ccc5c(N)ncnc54)C3)cc2nc1NCC1CC1. The van der Waals surface area contributed by atoms with Crippen LogP contribution in [0.1, 0.15) is 50.1 Å². The molecule has 6 rings (SSSR count). The van der Waals surface area contributed by atoms with E-state index < -0.39 is 0 Å². The van der Waals surface area contributed by atoms with E-state index in [9.17, 15) is 0 Å². The lowest BCUT2D eigenvalue weighted by molar-refractivity contribution is 0.461. The first kappa shape index (κ1) is 20.5. The summed E-state index contributed by atoms with van der Waals surface area (Å²) in [6.45, 7) is 1.05. The summed E-state index contributed by atoms with van der Waals surface area (Å²) in [6.07, 6.45) is 12.4. The molecule has 3 N–H and O–H groups in total. The number of benzene rings is 1. The minimum Gasteiger partial charge on any atom is -0.383 e. The largest absolute Gasteiger partial charge is 0.383 e. The van der Waals surface area contributed by atoms with Gasteiger partial charge in [-0.15, -0.1) is 0 Å². The minimum absolute atomic E-state index is 0.503. The van der Waals surface area contributed by atoms with E-state index in [4.69, 9.17) is 10.7 Å². The average Bonchev–Trinajstić information content (AvgIpc) is 3.35. The van der Waals surface area contributed by atoms with Gasteiger partial charge in [0.05, 0.1) is 10.9 Å². The molecule has 2 aliphatic carbocycles. The number of nitrogen functional groups attached to an aromatic ring is 1. The van der Waals surface area contributed by atoms with Gasteiger partial charge in [-0.1, -0.05) is 18.2 Å². The number of anilines is 2. The third-order valence-corrected chi connectivity index (χ3v) is 7.62. The summed E-state index contributed by atoms with van der Waals surface area (Å²) in [5, 5.41) is 5.76. The Balaban J connectivity index is 1.12. The topological polar surface area (TPSA) is 81.7 Å². The van der Waals surface area contributed by atoms with Crippen LogP contribution in [0.2, 0.25) is 0 Å². The first-order valence-corrected chi connectivity index (χ1v) is 12.3. The number of aryl methyl sites for hydroxylation is 1. The highest BCUT2D eigenvalue weighted by Gasteiger charge is 2.27. The van der Waals surface area contributed by atoms with E-state index in [1.54, 1.807) is 6.33 Å². The third kappa shape index (κ3) is 4.17. The van der Waals surface area contributed by atoms with Gasteiger partial charge in [-0.05, 0) is 85.3 Å². The molecule has 1 aromatic carbocycles. The normalized spacial score (nSPS) is 20.6. The van der Waals surface area contributed by atoms with Crippen molar-refractivity contribution in [2.45, 2.75) is 51.0 Å². The van der Waals surface area contributed by atoms with Gasteiger partial charge >= 0.3 is 0 Å². The Morgan fingerprint density at radius 1 is 1.06 bits per heavy atom. The van der Waals surface area contributed by atoms with Crippen molar-refractivity contribution in [1.29, 1.82) is 0 Å². The van der Waals surface area contributed by atoms with Gasteiger partial charge < -0.3 is 15.6 Å². The zero-order valence-electron chi connectivity index (χ0n) is 19.3. The first-order chi connectivity index (χ1) is 16.1. The Kier molecular flexibility index (Phi) is 5.20. The number of aromatic nitrogens is 4. The molecule has 2 saturated carbocycles. The number of pyridine rings is 1. The molecule has 2 aliphatic rings. The Labute approximate surface area is 195 Å². The molecule has 2 atom stereocenters. The summed E-state index contributed by atoms with van der Waals surface area (Å²) in [5.74, 6) is 3.20. The fraction of sp³-hybridized carbons (Fsp3) is 0.423. The molecule has 0 spiro atoms. The molecule has 0 amide bonds. The standard InChI is InChI=1S/C26H31BN6/c27-22-13-19-7-5-17(12-23(19)32-25(22)29-14-18-3-4-18)2-1-16-6-8-20(11-16)33-10-9-21-24(28)30-15-31-26(21)33/h5,7,9-10,12-13,15-16,18,20H,1-4,6,8,11,14,27H2,(H,29,32)(H2,28,30,31)/t16-,20+/m1/s1. The van der Waals surface area contributed by atoms with Crippen molar-refractivity contribution < 1.29 is 0 Å². The van der Waals surface area contributed by atoms with Crippen LogP contribution in [0.3, 0.4) is 0 Å². The molecule has 0 saturated heterocycles. The first-order valence-electron chi connectivity index (χ1n) is 12.3. The third-order valence-electron chi connectivity index (χ3n) is 7.62. The summed E-state index contributed by atoms with van der Waals surface area (Å²) < 4.78 is 2.31. The number of rotatable bonds is 7. The molecular formula is C26H31BN6. The maximum atomic E-state index is 6.02. The summed E-state index contributed by atoms with van der Waals surface area (Å²) in [5.41, 5.74) is 10.7. The molecule has 6 nitrogen and oxygen atoms in total. The second-order valence-electron chi connectivity index (χ2n) is 10.1. The van der Waals surface area contributed by atoms with Gasteiger partial charge in [0.2, 0.25) is 0 Å². The molecule has 0 radical (unpaired) electrons. The predicted octanol–water partition coefficient (Wildman–Crippen LogP) is 3.62. The summed E-state index contributed by atoms with van der Waals surface area (Å²) >= 11 is 0.